The monoisotopic (exact) mass is 672 g/mol. The lowest BCUT2D eigenvalue weighted by molar-refractivity contribution is 1.47. The van der Waals surface area contributed by atoms with Gasteiger partial charge in [-0.2, -0.15) is 0 Å². The predicted octanol–water partition coefficient (Wildman–Crippen LogP) is 14.9. The SMILES string of the molecule is Cc1cccc(-c2c3ccccc3c(-c3ccc(-c4c5ccccc5c(-c5ccccc5)c5cc(-c6ccccc6)ccc45)cc3)c3ccccc23)c1. The van der Waals surface area contributed by atoms with Crippen LogP contribution in [0.3, 0.4) is 0 Å². The van der Waals surface area contributed by atoms with E-state index in [-0.39, 0.29) is 0 Å². The Morgan fingerprint density at radius 1 is 0.208 bits per heavy atom. The molecule has 0 heteroatoms. The fraction of sp³-hybridized carbons (Fsp3) is 0.0189. The van der Waals surface area contributed by atoms with Gasteiger partial charge < -0.3 is 0 Å². The fourth-order valence-electron chi connectivity index (χ4n) is 8.57. The molecule has 0 fully saturated rings. The average Bonchev–Trinajstić information content (AvgIpc) is 3.22. The molecule has 53 heavy (non-hydrogen) atoms. The summed E-state index contributed by atoms with van der Waals surface area (Å²) >= 11 is 0. The third-order valence-corrected chi connectivity index (χ3v) is 10.9. The third kappa shape index (κ3) is 5.22. The molecule has 0 saturated carbocycles. The molecule has 0 aliphatic rings. The minimum Gasteiger partial charge on any atom is -0.0622 e. The molecule has 0 aromatic heterocycles. The molecule has 0 saturated heterocycles. The van der Waals surface area contributed by atoms with E-state index in [1.165, 1.54) is 104 Å². The second kappa shape index (κ2) is 12.8. The Hall–Kier alpha value is -6.76. The molecule has 0 aliphatic heterocycles. The summed E-state index contributed by atoms with van der Waals surface area (Å²) in [6.45, 7) is 2.17. The van der Waals surface area contributed by atoms with E-state index in [0.29, 0.717) is 0 Å². The summed E-state index contributed by atoms with van der Waals surface area (Å²) in [4.78, 5) is 0. The first-order chi connectivity index (χ1) is 26.2. The van der Waals surface area contributed by atoms with Crippen molar-refractivity contribution in [1.29, 1.82) is 0 Å². The van der Waals surface area contributed by atoms with Crippen LogP contribution in [0.1, 0.15) is 5.56 Å². The molecule has 0 N–H and O–H groups in total. The molecular formula is C53H36. The van der Waals surface area contributed by atoms with Crippen LogP contribution in [0.25, 0.3) is 98.7 Å². The Labute approximate surface area is 310 Å². The number of hydrogen-bond donors (Lipinski definition) is 0. The Morgan fingerprint density at radius 2 is 0.547 bits per heavy atom. The van der Waals surface area contributed by atoms with Crippen molar-refractivity contribution in [2.45, 2.75) is 6.92 Å². The lowest BCUT2D eigenvalue weighted by atomic mass is 9.83. The summed E-state index contributed by atoms with van der Waals surface area (Å²) in [7, 11) is 0. The molecule has 10 rings (SSSR count). The van der Waals surface area contributed by atoms with Gasteiger partial charge in [-0.15, -0.1) is 0 Å². The van der Waals surface area contributed by atoms with Gasteiger partial charge in [0.1, 0.15) is 0 Å². The van der Waals surface area contributed by atoms with Crippen LogP contribution >= 0.6 is 0 Å². The van der Waals surface area contributed by atoms with Crippen molar-refractivity contribution in [3.05, 3.63) is 206 Å². The molecule has 0 atom stereocenters. The molecular weight excluding hydrogens is 637 g/mol. The van der Waals surface area contributed by atoms with Gasteiger partial charge >= 0.3 is 0 Å². The fourth-order valence-corrected chi connectivity index (χ4v) is 8.57. The second-order valence-corrected chi connectivity index (χ2v) is 14.1. The van der Waals surface area contributed by atoms with E-state index in [1.54, 1.807) is 0 Å². The van der Waals surface area contributed by atoms with E-state index in [4.69, 9.17) is 0 Å². The maximum absolute atomic E-state index is 2.39. The first-order valence-electron chi connectivity index (χ1n) is 18.4. The number of hydrogen-bond acceptors (Lipinski definition) is 0. The second-order valence-electron chi connectivity index (χ2n) is 14.1. The first-order valence-corrected chi connectivity index (χ1v) is 18.4. The highest BCUT2D eigenvalue weighted by atomic mass is 14.2. The molecule has 0 spiro atoms. The topological polar surface area (TPSA) is 0 Å². The molecule has 0 aliphatic carbocycles. The first kappa shape index (κ1) is 31.0. The van der Waals surface area contributed by atoms with Crippen LogP contribution in [0.15, 0.2) is 200 Å². The molecule has 248 valence electrons. The van der Waals surface area contributed by atoms with Gasteiger partial charge in [0.25, 0.3) is 0 Å². The van der Waals surface area contributed by atoms with E-state index in [1.807, 2.05) is 0 Å². The van der Waals surface area contributed by atoms with Crippen LogP contribution in [0.4, 0.5) is 0 Å². The minimum atomic E-state index is 1.21. The van der Waals surface area contributed by atoms with Crippen LogP contribution in [0.2, 0.25) is 0 Å². The molecule has 0 amide bonds. The standard InChI is InChI=1S/C53H36/c1-35-15-14-20-41(33-35)53-46-25-12-9-22-43(46)50(44-23-10-13-26-47(44)53)38-27-29-39(30-28-38)51-42-21-8-11-24-45(42)52(37-18-6-3-7-19-37)49-34-40(31-32-48(49)51)36-16-4-2-5-17-36/h2-34H,1H3. The average molecular weight is 673 g/mol. The van der Waals surface area contributed by atoms with Crippen molar-refractivity contribution in [2.75, 3.05) is 0 Å². The molecule has 0 heterocycles. The highest BCUT2D eigenvalue weighted by Crippen LogP contribution is 2.47. The zero-order valence-electron chi connectivity index (χ0n) is 29.6. The van der Waals surface area contributed by atoms with E-state index in [9.17, 15) is 0 Å². The zero-order valence-corrected chi connectivity index (χ0v) is 29.6. The Kier molecular flexibility index (Phi) is 7.48. The smallest absolute Gasteiger partial charge is 0.00262 e. The number of rotatable bonds is 5. The van der Waals surface area contributed by atoms with Gasteiger partial charge in [-0.05, 0) is 112 Å². The number of aryl methyl sites for hydroxylation is 1. The number of benzene rings is 10. The third-order valence-electron chi connectivity index (χ3n) is 10.9. The van der Waals surface area contributed by atoms with Gasteiger partial charge in [-0.1, -0.05) is 200 Å². The van der Waals surface area contributed by atoms with Gasteiger partial charge in [-0.25, -0.2) is 0 Å². The van der Waals surface area contributed by atoms with Gasteiger partial charge in [0.05, 0.1) is 0 Å². The molecule has 0 radical (unpaired) electrons. The predicted molar refractivity (Wildman–Crippen MR) is 228 cm³/mol. The largest absolute Gasteiger partial charge is 0.0622 e. The van der Waals surface area contributed by atoms with E-state index in [0.717, 1.165) is 0 Å². The van der Waals surface area contributed by atoms with Gasteiger partial charge in [0, 0.05) is 0 Å². The van der Waals surface area contributed by atoms with E-state index in [2.05, 4.69) is 207 Å². The van der Waals surface area contributed by atoms with Gasteiger partial charge in [-0.3, -0.25) is 0 Å². The van der Waals surface area contributed by atoms with Crippen molar-refractivity contribution in [1.82, 2.24) is 0 Å². The maximum atomic E-state index is 2.39. The quantitative estimate of drug-likeness (QED) is 0.160. The van der Waals surface area contributed by atoms with Crippen molar-refractivity contribution < 1.29 is 0 Å². The summed E-state index contributed by atoms with van der Waals surface area (Å²) in [5.74, 6) is 0. The zero-order chi connectivity index (χ0) is 35.3. The van der Waals surface area contributed by atoms with Crippen molar-refractivity contribution >= 4 is 43.1 Å². The van der Waals surface area contributed by atoms with Crippen molar-refractivity contribution in [2.24, 2.45) is 0 Å². The van der Waals surface area contributed by atoms with Crippen LogP contribution in [0.5, 0.6) is 0 Å². The van der Waals surface area contributed by atoms with Crippen LogP contribution in [0, 0.1) is 6.92 Å². The summed E-state index contributed by atoms with van der Waals surface area (Å²) in [5, 5.41) is 10.1. The molecule has 10 aromatic rings. The summed E-state index contributed by atoms with van der Waals surface area (Å²) in [6, 6.07) is 73.6. The molecule has 0 bridgehead atoms. The molecule has 0 unspecified atom stereocenters. The Bertz CT molecular complexity index is 2910. The lowest BCUT2D eigenvalue weighted by Gasteiger charge is -2.20. The molecule has 0 nitrogen and oxygen atoms in total. The summed E-state index contributed by atoms with van der Waals surface area (Å²) in [6.07, 6.45) is 0. The van der Waals surface area contributed by atoms with E-state index < -0.39 is 0 Å². The van der Waals surface area contributed by atoms with Crippen LogP contribution in [-0.4, -0.2) is 0 Å². The van der Waals surface area contributed by atoms with Gasteiger partial charge in [0.2, 0.25) is 0 Å². The summed E-state index contributed by atoms with van der Waals surface area (Å²) in [5.41, 5.74) is 13.8. The normalized spacial score (nSPS) is 11.5. The van der Waals surface area contributed by atoms with Gasteiger partial charge in [0.15, 0.2) is 0 Å². The summed E-state index contributed by atoms with van der Waals surface area (Å²) < 4.78 is 0. The van der Waals surface area contributed by atoms with Crippen molar-refractivity contribution in [3.63, 3.8) is 0 Å². The maximum Gasteiger partial charge on any atom is -0.00262 e. The van der Waals surface area contributed by atoms with Crippen LogP contribution < -0.4 is 0 Å². The van der Waals surface area contributed by atoms with E-state index >= 15 is 0 Å². The Balaban J connectivity index is 1.21. The highest BCUT2D eigenvalue weighted by Gasteiger charge is 2.19. The number of fused-ring (bicyclic) bond motifs is 4. The van der Waals surface area contributed by atoms with Crippen molar-refractivity contribution in [3.8, 4) is 55.6 Å². The lowest BCUT2D eigenvalue weighted by Crippen LogP contribution is -1.93. The Morgan fingerprint density at radius 3 is 1.02 bits per heavy atom. The van der Waals surface area contributed by atoms with Crippen LogP contribution in [-0.2, 0) is 0 Å². The molecule has 10 aromatic carbocycles. The highest BCUT2D eigenvalue weighted by molar-refractivity contribution is 6.23. The minimum absolute atomic E-state index is 1.21.